The highest BCUT2D eigenvalue weighted by Crippen LogP contribution is 2.25. The first kappa shape index (κ1) is 19.2. The molecule has 1 aliphatic rings. The van der Waals surface area contributed by atoms with Crippen molar-refractivity contribution in [1.82, 2.24) is 10.2 Å². The van der Waals surface area contributed by atoms with Crippen molar-refractivity contribution in [2.45, 2.75) is 32.9 Å². The fourth-order valence-corrected chi connectivity index (χ4v) is 3.93. The summed E-state index contributed by atoms with van der Waals surface area (Å²) in [6.45, 7) is 5.14. The highest BCUT2D eigenvalue weighted by atomic mass is 35.5. The molecular weight excluding hydrogens is 367 g/mol. The molecule has 3 nitrogen and oxygen atoms in total. The lowest BCUT2D eigenvalue weighted by molar-refractivity contribution is -0.126. The van der Waals surface area contributed by atoms with Crippen LogP contribution in [0.5, 0.6) is 0 Å². The number of nitrogens with zero attached hydrogens (tertiary/aromatic N) is 1. The van der Waals surface area contributed by atoms with Gasteiger partial charge in [0.15, 0.2) is 0 Å². The lowest BCUT2D eigenvalue weighted by Gasteiger charge is -2.32. The zero-order chi connectivity index (χ0) is 18.5. The van der Waals surface area contributed by atoms with Crippen molar-refractivity contribution in [3.8, 4) is 0 Å². The summed E-state index contributed by atoms with van der Waals surface area (Å²) in [4.78, 5) is 14.9. The minimum absolute atomic E-state index is 0.0274. The van der Waals surface area contributed by atoms with Gasteiger partial charge in [-0.3, -0.25) is 9.69 Å². The van der Waals surface area contributed by atoms with E-state index in [0.717, 1.165) is 43.6 Å². The molecule has 0 aliphatic carbocycles. The van der Waals surface area contributed by atoms with Gasteiger partial charge in [0, 0.05) is 29.7 Å². The van der Waals surface area contributed by atoms with E-state index in [0.29, 0.717) is 16.6 Å². The van der Waals surface area contributed by atoms with Crippen LogP contribution in [0, 0.1) is 12.8 Å². The molecule has 1 heterocycles. The van der Waals surface area contributed by atoms with Gasteiger partial charge in [-0.2, -0.15) is 0 Å². The molecule has 1 N–H and O–H groups in total. The second kappa shape index (κ2) is 8.90. The number of amides is 1. The molecule has 1 saturated heterocycles. The number of benzene rings is 2. The van der Waals surface area contributed by atoms with Crippen molar-refractivity contribution in [1.29, 1.82) is 0 Å². The van der Waals surface area contributed by atoms with Crippen LogP contribution in [-0.4, -0.2) is 23.9 Å². The minimum Gasteiger partial charge on any atom is -0.352 e. The first-order valence-corrected chi connectivity index (χ1v) is 9.76. The van der Waals surface area contributed by atoms with Crippen LogP contribution in [0.2, 0.25) is 10.0 Å². The predicted octanol–water partition coefficient (Wildman–Crippen LogP) is 4.83. The van der Waals surface area contributed by atoms with E-state index in [2.05, 4.69) is 29.3 Å². The van der Waals surface area contributed by atoms with Crippen LogP contribution in [0.3, 0.4) is 0 Å². The third-order valence-electron chi connectivity index (χ3n) is 4.83. The zero-order valence-electron chi connectivity index (χ0n) is 15.0. The quantitative estimate of drug-likeness (QED) is 0.792. The van der Waals surface area contributed by atoms with Crippen LogP contribution in [0.4, 0.5) is 0 Å². The number of hydrogen-bond donors (Lipinski definition) is 1. The molecule has 2 aromatic carbocycles. The molecule has 0 bridgehead atoms. The summed E-state index contributed by atoms with van der Waals surface area (Å²) in [7, 11) is 0. The Morgan fingerprint density at radius 1 is 1.23 bits per heavy atom. The molecular formula is C21H24Cl2N2O. The molecule has 1 atom stereocenters. The maximum atomic E-state index is 12.6. The standard InChI is InChI=1S/C21H24Cl2N2O/c1-15-4-2-5-16(10-15)12-24-21(26)18-6-3-9-25(14-18)13-17-7-8-19(22)11-20(17)23/h2,4-5,7-8,10-11,18H,3,6,9,12-14H2,1H3,(H,24,26)/t18-/m0/s1. The van der Waals surface area contributed by atoms with Crippen LogP contribution in [-0.2, 0) is 17.9 Å². The molecule has 0 unspecified atom stereocenters. The van der Waals surface area contributed by atoms with E-state index in [4.69, 9.17) is 23.2 Å². The highest BCUT2D eigenvalue weighted by molar-refractivity contribution is 6.35. The van der Waals surface area contributed by atoms with Gasteiger partial charge < -0.3 is 5.32 Å². The van der Waals surface area contributed by atoms with E-state index in [1.54, 1.807) is 6.07 Å². The van der Waals surface area contributed by atoms with Crippen molar-refractivity contribution in [2.75, 3.05) is 13.1 Å². The van der Waals surface area contributed by atoms with Gasteiger partial charge in [-0.05, 0) is 49.6 Å². The van der Waals surface area contributed by atoms with Crippen LogP contribution in [0.25, 0.3) is 0 Å². The molecule has 1 aliphatic heterocycles. The first-order chi connectivity index (χ1) is 12.5. The van der Waals surface area contributed by atoms with Gasteiger partial charge in [-0.1, -0.05) is 59.1 Å². The average Bonchev–Trinajstić information content (AvgIpc) is 2.62. The Morgan fingerprint density at radius 3 is 2.85 bits per heavy atom. The Kier molecular flexibility index (Phi) is 6.58. The Balaban J connectivity index is 1.54. The van der Waals surface area contributed by atoms with Crippen LogP contribution >= 0.6 is 23.2 Å². The molecule has 138 valence electrons. The number of piperidine rings is 1. The molecule has 26 heavy (non-hydrogen) atoms. The van der Waals surface area contributed by atoms with Gasteiger partial charge in [0.2, 0.25) is 5.91 Å². The Bertz CT molecular complexity index is 778. The van der Waals surface area contributed by atoms with Gasteiger partial charge in [-0.15, -0.1) is 0 Å². The zero-order valence-corrected chi connectivity index (χ0v) is 16.5. The van der Waals surface area contributed by atoms with E-state index >= 15 is 0 Å². The maximum absolute atomic E-state index is 12.6. The summed E-state index contributed by atoms with van der Waals surface area (Å²) < 4.78 is 0. The van der Waals surface area contributed by atoms with Crippen LogP contribution in [0.1, 0.15) is 29.5 Å². The number of carbonyl (C=O) groups excluding carboxylic acids is 1. The fraction of sp³-hybridized carbons (Fsp3) is 0.381. The third kappa shape index (κ3) is 5.23. The van der Waals surface area contributed by atoms with E-state index in [1.165, 1.54) is 5.56 Å². The van der Waals surface area contributed by atoms with Crippen molar-refractivity contribution >= 4 is 29.1 Å². The lowest BCUT2D eigenvalue weighted by Crippen LogP contribution is -2.42. The Hall–Kier alpha value is -1.55. The number of halogens is 2. The Morgan fingerprint density at radius 2 is 2.08 bits per heavy atom. The summed E-state index contributed by atoms with van der Waals surface area (Å²) in [5, 5.41) is 4.42. The van der Waals surface area contributed by atoms with Crippen LogP contribution in [0.15, 0.2) is 42.5 Å². The number of nitrogens with one attached hydrogen (secondary N) is 1. The number of aryl methyl sites for hydroxylation is 1. The smallest absolute Gasteiger partial charge is 0.224 e. The lowest BCUT2D eigenvalue weighted by atomic mass is 9.96. The molecule has 0 radical (unpaired) electrons. The maximum Gasteiger partial charge on any atom is 0.224 e. The van der Waals surface area contributed by atoms with Crippen molar-refractivity contribution in [2.24, 2.45) is 5.92 Å². The summed E-state index contributed by atoms with van der Waals surface area (Å²) >= 11 is 12.3. The fourth-order valence-electron chi connectivity index (χ4n) is 3.46. The van der Waals surface area contributed by atoms with E-state index < -0.39 is 0 Å². The van der Waals surface area contributed by atoms with E-state index in [1.807, 2.05) is 24.3 Å². The van der Waals surface area contributed by atoms with Gasteiger partial charge in [0.25, 0.3) is 0 Å². The third-order valence-corrected chi connectivity index (χ3v) is 5.42. The van der Waals surface area contributed by atoms with Crippen LogP contribution < -0.4 is 5.32 Å². The summed E-state index contributed by atoms with van der Waals surface area (Å²) in [6, 6.07) is 13.8. The second-order valence-corrected chi connectivity index (χ2v) is 7.86. The monoisotopic (exact) mass is 390 g/mol. The van der Waals surface area contributed by atoms with E-state index in [9.17, 15) is 4.79 Å². The van der Waals surface area contributed by atoms with Gasteiger partial charge in [0.1, 0.15) is 0 Å². The summed E-state index contributed by atoms with van der Waals surface area (Å²) in [6.07, 6.45) is 1.96. The molecule has 0 spiro atoms. The van der Waals surface area contributed by atoms with Gasteiger partial charge in [0.05, 0.1) is 5.92 Å². The number of carbonyl (C=O) groups is 1. The molecule has 5 heteroatoms. The van der Waals surface area contributed by atoms with Crippen molar-refractivity contribution in [3.63, 3.8) is 0 Å². The molecule has 3 rings (SSSR count). The topological polar surface area (TPSA) is 32.3 Å². The number of hydrogen-bond acceptors (Lipinski definition) is 2. The summed E-state index contributed by atoms with van der Waals surface area (Å²) in [5.41, 5.74) is 3.40. The number of likely N-dealkylation sites (tertiary alicyclic amines) is 1. The normalized spacial score (nSPS) is 17.9. The highest BCUT2D eigenvalue weighted by Gasteiger charge is 2.26. The molecule has 1 amide bonds. The van der Waals surface area contributed by atoms with Gasteiger partial charge >= 0.3 is 0 Å². The SMILES string of the molecule is Cc1cccc(CNC(=O)[C@H]2CCCN(Cc3ccc(Cl)cc3Cl)C2)c1. The number of rotatable bonds is 5. The molecule has 2 aromatic rings. The Labute approximate surface area is 165 Å². The van der Waals surface area contributed by atoms with E-state index in [-0.39, 0.29) is 11.8 Å². The molecule has 0 aromatic heterocycles. The molecule has 1 fully saturated rings. The average molecular weight is 391 g/mol. The predicted molar refractivity (Wildman–Crippen MR) is 107 cm³/mol. The van der Waals surface area contributed by atoms with Gasteiger partial charge in [-0.25, -0.2) is 0 Å². The second-order valence-electron chi connectivity index (χ2n) is 7.02. The van der Waals surface area contributed by atoms with Crippen molar-refractivity contribution < 1.29 is 4.79 Å². The first-order valence-electron chi connectivity index (χ1n) is 9.01. The van der Waals surface area contributed by atoms with Crippen molar-refractivity contribution in [3.05, 3.63) is 69.2 Å². The molecule has 0 saturated carbocycles. The largest absolute Gasteiger partial charge is 0.352 e. The summed E-state index contributed by atoms with van der Waals surface area (Å²) in [5.74, 6) is 0.165. The minimum atomic E-state index is 0.0274.